The van der Waals surface area contributed by atoms with Crippen LogP contribution in [0.5, 0.6) is 0 Å². The molecule has 278 valence electrons. The summed E-state index contributed by atoms with van der Waals surface area (Å²) < 4.78 is 0. The van der Waals surface area contributed by atoms with E-state index < -0.39 is 12.1 Å². The van der Waals surface area contributed by atoms with Gasteiger partial charge in [-0.3, -0.25) is 4.79 Å². The van der Waals surface area contributed by atoms with Gasteiger partial charge in [0.2, 0.25) is 5.91 Å². The van der Waals surface area contributed by atoms with Gasteiger partial charge in [-0.2, -0.15) is 0 Å². The molecule has 3 N–H and O–H groups in total. The Morgan fingerprint density at radius 1 is 0.510 bits per heavy atom. The molecule has 0 aromatic rings. The zero-order chi connectivity index (χ0) is 35.7. The summed E-state index contributed by atoms with van der Waals surface area (Å²) in [4.78, 5) is 12.3. The first-order chi connectivity index (χ1) is 24.2. The summed E-state index contributed by atoms with van der Waals surface area (Å²) >= 11 is 0. The summed E-state index contributed by atoms with van der Waals surface area (Å²) in [6, 6.07) is -0.685. The predicted octanol–water partition coefficient (Wildman–Crippen LogP) is 12.3. The van der Waals surface area contributed by atoms with Crippen LogP contribution in [0.3, 0.4) is 0 Å². The lowest BCUT2D eigenvalue weighted by Crippen LogP contribution is -2.45. The Bertz CT molecular complexity index is 952. The Labute approximate surface area is 303 Å². The third-order valence-corrected chi connectivity index (χ3v) is 8.31. The van der Waals surface area contributed by atoms with Crippen molar-refractivity contribution < 1.29 is 15.0 Å². The van der Waals surface area contributed by atoms with Crippen LogP contribution in [0.4, 0.5) is 0 Å². The van der Waals surface area contributed by atoms with Crippen molar-refractivity contribution in [3.05, 3.63) is 97.2 Å². The van der Waals surface area contributed by atoms with Gasteiger partial charge in [0, 0.05) is 6.42 Å². The molecule has 0 saturated carbocycles. The molecule has 0 aliphatic rings. The van der Waals surface area contributed by atoms with E-state index in [4.69, 9.17) is 0 Å². The molecule has 0 aromatic heterocycles. The van der Waals surface area contributed by atoms with Gasteiger partial charge >= 0.3 is 0 Å². The number of hydrogen-bond acceptors (Lipinski definition) is 3. The number of amides is 1. The second-order valence-electron chi connectivity index (χ2n) is 13.0. The third-order valence-electron chi connectivity index (χ3n) is 8.31. The fourth-order valence-electron chi connectivity index (χ4n) is 5.27. The van der Waals surface area contributed by atoms with Crippen molar-refractivity contribution in [2.45, 2.75) is 174 Å². The lowest BCUT2D eigenvalue weighted by molar-refractivity contribution is -0.122. The highest BCUT2D eigenvalue weighted by molar-refractivity contribution is 5.76. The molecular weight excluding hydrogens is 602 g/mol. The molecular formula is C45H75NO3. The number of aliphatic hydroxyl groups excluding tert-OH is 2. The van der Waals surface area contributed by atoms with Crippen molar-refractivity contribution in [1.29, 1.82) is 0 Å². The Morgan fingerprint density at radius 2 is 0.918 bits per heavy atom. The Kier molecular flexibility index (Phi) is 37.6. The number of carbonyl (C=O) groups excluding carboxylic acids is 1. The number of carbonyl (C=O) groups is 1. The third kappa shape index (κ3) is 36.4. The highest BCUT2D eigenvalue weighted by Gasteiger charge is 2.17. The van der Waals surface area contributed by atoms with E-state index in [0.717, 1.165) is 57.8 Å². The summed E-state index contributed by atoms with van der Waals surface area (Å²) in [5.74, 6) is -0.160. The van der Waals surface area contributed by atoms with E-state index in [1.54, 1.807) is 6.08 Å². The lowest BCUT2D eigenvalue weighted by Gasteiger charge is -2.19. The smallest absolute Gasteiger partial charge is 0.220 e. The number of allylic oxidation sites excluding steroid dienone is 15. The van der Waals surface area contributed by atoms with Gasteiger partial charge in [0.1, 0.15) is 0 Å². The van der Waals surface area contributed by atoms with Gasteiger partial charge in [-0.1, -0.05) is 182 Å². The van der Waals surface area contributed by atoms with Crippen LogP contribution < -0.4 is 5.32 Å². The number of unbranched alkanes of at least 4 members (excludes halogenated alkanes) is 13. The molecule has 0 aliphatic carbocycles. The van der Waals surface area contributed by atoms with Crippen LogP contribution in [0, 0.1) is 0 Å². The molecule has 4 heteroatoms. The predicted molar refractivity (Wildman–Crippen MR) is 216 cm³/mol. The van der Waals surface area contributed by atoms with E-state index in [2.05, 4.69) is 98.2 Å². The Balaban J connectivity index is 3.83. The molecule has 0 spiro atoms. The van der Waals surface area contributed by atoms with E-state index in [1.807, 2.05) is 12.2 Å². The second-order valence-corrected chi connectivity index (χ2v) is 13.0. The van der Waals surface area contributed by atoms with Crippen LogP contribution in [0.25, 0.3) is 0 Å². The fourth-order valence-corrected chi connectivity index (χ4v) is 5.27. The normalized spacial score (nSPS) is 14.1. The van der Waals surface area contributed by atoms with E-state index in [1.165, 1.54) is 77.0 Å². The van der Waals surface area contributed by atoms with E-state index in [-0.39, 0.29) is 12.5 Å². The number of hydrogen-bond donors (Lipinski definition) is 3. The standard InChI is InChI=1S/C45H75NO3/c1-3-5-7-9-11-13-15-17-19-21-23-25-27-29-31-33-35-37-39-41-45(49)46-43(42-47)44(48)40-38-36-34-32-30-28-26-24-22-20-18-16-14-12-10-8-6-4-2/h5,7,11,13,17,19,23,25,29-32,35,37-38,40,43-44,47-48H,3-4,6,8-10,12,14-16,18,20-22,24,26-28,33-34,36,39,41-42H2,1-2H3,(H,46,49)/b7-5-,13-11-,19-17-,25-23-,31-29-,32-30+,37-35-,40-38+. The Hall–Kier alpha value is -2.69. The minimum absolute atomic E-state index is 0.160. The zero-order valence-corrected chi connectivity index (χ0v) is 31.7. The molecule has 49 heavy (non-hydrogen) atoms. The summed E-state index contributed by atoms with van der Waals surface area (Å²) in [5, 5.41) is 22.9. The molecule has 4 nitrogen and oxygen atoms in total. The molecule has 2 unspecified atom stereocenters. The monoisotopic (exact) mass is 678 g/mol. The van der Waals surface area contributed by atoms with Gasteiger partial charge in [0.15, 0.2) is 0 Å². The SMILES string of the molecule is CC/C=C\C/C=C\C/C=C\C/C=C\C/C=C\C/C=C\CCC(=O)NC(CO)C(O)/C=C/CC/C=C/CCCCCCCCCCCCCC. The van der Waals surface area contributed by atoms with Crippen molar-refractivity contribution in [1.82, 2.24) is 5.32 Å². The highest BCUT2D eigenvalue weighted by atomic mass is 16.3. The highest BCUT2D eigenvalue weighted by Crippen LogP contribution is 2.13. The molecule has 0 saturated heterocycles. The minimum atomic E-state index is -0.898. The van der Waals surface area contributed by atoms with Gasteiger partial charge < -0.3 is 15.5 Å². The van der Waals surface area contributed by atoms with Gasteiger partial charge in [0.05, 0.1) is 18.8 Å². The molecule has 0 heterocycles. The molecule has 0 fully saturated rings. The number of rotatable bonds is 34. The summed E-state index contributed by atoms with van der Waals surface area (Å²) in [7, 11) is 0. The molecule has 0 radical (unpaired) electrons. The zero-order valence-electron chi connectivity index (χ0n) is 31.7. The first-order valence-electron chi connectivity index (χ1n) is 20.0. The topological polar surface area (TPSA) is 69.6 Å². The first kappa shape index (κ1) is 46.3. The molecule has 0 rings (SSSR count). The maximum absolute atomic E-state index is 12.3. The van der Waals surface area contributed by atoms with Crippen molar-refractivity contribution >= 4 is 5.91 Å². The molecule has 1 amide bonds. The van der Waals surface area contributed by atoms with Gasteiger partial charge in [-0.15, -0.1) is 0 Å². The van der Waals surface area contributed by atoms with Crippen LogP contribution >= 0.6 is 0 Å². The average molecular weight is 678 g/mol. The van der Waals surface area contributed by atoms with Crippen LogP contribution in [0.2, 0.25) is 0 Å². The summed E-state index contributed by atoms with van der Waals surface area (Å²) in [6.45, 7) is 4.13. The van der Waals surface area contributed by atoms with E-state index in [9.17, 15) is 15.0 Å². The maximum atomic E-state index is 12.3. The molecule has 0 bridgehead atoms. The number of nitrogens with one attached hydrogen (secondary N) is 1. The quantitative estimate of drug-likeness (QED) is 0.0469. The largest absolute Gasteiger partial charge is 0.394 e. The lowest BCUT2D eigenvalue weighted by atomic mass is 10.0. The van der Waals surface area contributed by atoms with Crippen molar-refractivity contribution in [3.63, 3.8) is 0 Å². The van der Waals surface area contributed by atoms with E-state index in [0.29, 0.717) is 12.8 Å². The summed E-state index contributed by atoms with van der Waals surface area (Å²) in [6.07, 6.45) is 59.4. The average Bonchev–Trinajstić information content (AvgIpc) is 3.10. The Morgan fingerprint density at radius 3 is 1.41 bits per heavy atom. The van der Waals surface area contributed by atoms with Crippen LogP contribution in [-0.4, -0.2) is 34.9 Å². The van der Waals surface area contributed by atoms with E-state index >= 15 is 0 Å². The molecule has 2 atom stereocenters. The van der Waals surface area contributed by atoms with Gasteiger partial charge in [-0.25, -0.2) is 0 Å². The number of aliphatic hydroxyl groups is 2. The van der Waals surface area contributed by atoms with Gasteiger partial charge in [-0.05, 0) is 70.6 Å². The van der Waals surface area contributed by atoms with Crippen LogP contribution in [0.1, 0.15) is 162 Å². The van der Waals surface area contributed by atoms with Crippen molar-refractivity contribution in [2.75, 3.05) is 6.61 Å². The second kappa shape index (κ2) is 39.7. The fraction of sp³-hybridized carbons (Fsp3) is 0.622. The minimum Gasteiger partial charge on any atom is -0.394 e. The maximum Gasteiger partial charge on any atom is 0.220 e. The molecule has 0 aliphatic heterocycles. The van der Waals surface area contributed by atoms with Crippen LogP contribution in [0.15, 0.2) is 97.2 Å². The summed E-state index contributed by atoms with van der Waals surface area (Å²) in [5.41, 5.74) is 0. The van der Waals surface area contributed by atoms with Crippen molar-refractivity contribution in [3.8, 4) is 0 Å². The first-order valence-corrected chi connectivity index (χ1v) is 20.0. The van der Waals surface area contributed by atoms with Crippen LogP contribution in [-0.2, 0) is 4.79 Å². The van der Waals surface area contributed by atoms with Gasteiger partial charge in [0.25, 0.3) is 0 Å². The molecule has 0 aromatic carbocycles. The van der Waals surface area contributed by atoms with Crippen molar-refractivity contribution in [2.24, 2.45) is 0 Å².